The molecule has 0 radical (unpaired) electrons. The van der Waals surface area contributed by atoms with Gasteiger partial charge >= 0.3 is 7.60 Å². The van der Waals surface area contributed by atoms with Crippen molar-refractivity contribution in [1.29, 1.82) is 0 Å². The van der Waals surface area contributed by atoms with Crippen molar-refractivity contribution in [3.63, 3.8) is 0 Å². The van der Waals surface area contributed by atoms with Crippen molar-refractivity contribution in [2.75, 3.05) is 5.32 Å². The highest BCUT2D eigenvalue weighted by Gasteiger charge is 2.42. The average molecular weight is 506 g/mol. The lowest BCUT2D eigenvalue weighted by molar-refractivity contribution is 0.0758. The maximum atomic E-state index is 14.6. The van der Waals surface area contributed by atoms with Crippen LogP contribution >= 0.6 is 23.5 Å². The zero-order valence-corrected chi connectivity index (χ0v) is 20.5. The number of para-hydroxylation sites is 1. The number of hydrogen-bond donors (Lipinski definition) is 1. The first-order valence-corrected chi connectivity index (χ1v) is 14.1. The molecule has 2 fully saturated rings. The third kappa shape index (κ3) is 6.44. The second-order valence-corrected chi connectivity index (χ2v) is 11.7. The van der Waals surface area contributed by atoms with Crippen molar-refractivity contribution in [2.45, 2.75) is 82.2 Å². The smallest absolute Gasteiger partial charge is 0.357 e. The quantitative estimate of drug-likeness (QED) is 0.365. The molecule has 2 aromatic carbocycles. The molecular weight excluding hydrogens is 473 g/mol. The summed E-state index contributed by atoms with van der Waals surface area (Å²) in [4.78, 5) is 0. The van der Waals surface area contributed by atoms with E-state index in [1.807, 2.05) is 54.6 Å². The lowest BCUT2D eigenvalue weighted by Crippen LogP contribution is -2.25. The molecule has 168 valence electrons. The predicted molar refractivity (Wildman–Crippen MR) is 130 cm³/mol. The molecule has 1 N–H and O–H groups in total. The van der Waals surface area contributed by atoms with Crippen LogP contribution in [0.2, 0.25) is 0 Å². The summed E-state index contributed by atoms with van der Waals surface area (Å²) < 4.78 is 28.5. The molecule has 2 saturated carbocycles. The summed E-state index contributed by atoms with van der Waals surface area (Å²) in [6, 6.07) is 17.9. The molecule has 2 aromatic rings. The fourth-order valence-corrected chi connectivity index (χ4v) is 7.24. The molecule has 0 heterocycles. The largest absolute Gasteiger partial charge is 0.368 e. The van der Waals surface area contributed by atoms with Crippen LogP contribution in [-0.4, -0.2) is 12.2 Å². The third-order valence-corrected chi connectivity index (χ3v) is 9.05. The van der Waals surface area contributed by atoms with Crippen molar-refractivity contribution in [1.82, 2.24) is 0 Å². The van der Waals surface area contributed by atoms with Crippen LogP contribution in [0, 0.1) is 0 Å². The highest BCUT2D eigenvalue weighted by Crippen LogP contribution is 2.64. The minimum Gasteiger partial charge on any atom is -0.368 e. The van der Waals surface area contributed by atoms with E-state index in [-0.39, 0.29) is 12.2 Å². The second-order valence-electron chi connectivity index (χ2n) is 8.74. The van der Waals surface area contributed by atoms with Gasteiger partial charge in [0.15, 0.2) is 5.78 Å². The van der Waals surface area contributed by atoms with Crippen molar-refractivity contribution in [2.24, 2.45) is 0 Å². The summed E-state index contributed by atoms with van der Waals surface area (Å²) in [6.45, 7) is 0. The van der Waals surface area contributed by atoms with E-state index in [2.05, 4.69) is 21.2 Å². The Bertz CT molecular complexity index is 825. The molecule has 0 amide bonds. The molecule has 0 bridgehead atoms. The summed E-state index contributed by atoms with van der Waals surface area (Å²) in [5.74, 6) is -0.549. The second kappa shape index (κ2) is 11.1. The van der Waals surface area contributed by atoms with E-state index in [9.17, 15) is 4.57 Å². The van der Waals surface area contributed by atoms with Gasteiger partial charge < -0.3 is 14.4 Å². The molecule has 0 spiro atoms. The summed E-state index contributed by atoms with van der Waals surface area (Å²) >= 11 is 3.52. The van der Waals surface area contributed by atoms with Gasteiger partial charge in [0.05, 0.1) is 12.2 Å². The van der Waals surface area contributed by atoms with E-state index in [4.69, 9.17) is 9.05 Å². The van der Waals surface area contributed by atoms with Gasteiger partial charge in [0.2, 0.25) is 0 Å². The Labute approximate surface area is 194 Å². The lowest BCUT2D eigenvalue weighted by atomic mass is 9.98. The molecule has 1 unspecified atom stereocenters. The van der Waals surface area contributed by atoms with Crippen LogP contribution in [0.15, 0.2) is 59.1 Å². The molecule has 2 aliphatic carbocycles. The maximum absolute atomic E-state index is 14.6. The van der Waals surface area contributed by atoms with E-state index in [0.29, 0.717) is 0 Å². The summed E-state index contributed by atoms with van der Waals surface area (Å²) in [6.07, 6.45) is 10.8. The SMILES string of the molecule is O=P(OC1CCCCC1)(OC1CCCCC1)C(Nc1ccccc1)c1ccc(Br)cc1. The number of rotatable bonds is 8. The number of hydrogen-bond acceptors (Lipinski definition) is 4. The van der Waals surface area contributed by atoms with Crippen LogP contribution < -0.4 is 5.32 Å². The number of nitrogens with one attached hydrogen (secondary N) is 1. The Hall–Kier alpha value is -1.13. The predicted octanol–water partition coefficient (Wildman–Crippen LogP) is 8.45. The van der Waals surface area contributed by atoms with Crippen molar-refractivity contribution in [3.8, 4) is 0 Å². The minimum atomic E-state index is -3.50. The Morgan fingerprint density at radius 3 is 1.81 bits per heavy atom. The van der Waals surface area contributed by atoms with Crippen molar-refractivity contribution in [3.05, 3.63) is 64.6 Å². The van der Waals surface area contributed by atoms with Gasteiger partial charge in [-0.25, -0.2) is 0 Å². The Balaban J connectivity index is 1.67. The normalized spacial score (nSPS) is 19.8. The first kappa shape index (κ1) is 23.0. The van der Waals surface area contributed by atoms with Crippen molar-refractivity contribution >= 4 is 29.2 Å². The summed E-state index contributed by atoms with van der Waals surface area (Å²) in [5, 5.41) is 3.51. The van der Waals surface area contributed by atoms with E-state index in [0.717, 1.165) is 67.1 Å². The molecule has 4 nitrogen and oxygen atoms in total. The minimum absolute atomic E-state index is 0.00121. The van der Waals surface area contributed by atoms with Gasteiger partial charge in [-0.3, -0.25) is 4.57 Å². The van der Waals surface area contributed by atoms with Crippen molar-refractivity contribution < 1.29 is 13.6 Å². The van der Waals surface area contributed by atoms with Crippen LogP contribution in [0.3, 0.4) is 0 Å². The molecule has 2 aliphatic rings. The van der Waals surface area contributed by atoms with Crippen LogP contribution in [0.4, 0.5) is 5.69 Å². The van der Waals surface area contributed by atoms with Gasteiger partial charge in [-0.2, -0.15) is 0 Å². The summed E-state index contributed by atoms with van der Waals surface area (Å²) in [5.41, 5.74) is 1.83. The first-order chi connectivity index (χ1) is 15.1. The maximum Gasteiger partial charge on any atom is 0.357 e. The number of halogens is 1. The monoisotopic (exact) mass is 505 g/mol. The topological polar surface area (TPSA) is 47.6 Å². The van der Waals surface area contributed by atoms with Gasteiger partial charge in [0.1, 0.15) is 0 Å². The van der Waals surface area contributed by atoms with Crippen LogP contribution in [0.1, 0.15) is 75.6 Å². The fraction of sp³-hybridized carbons (Fsp3) is 0.520. The number of benzene rings is 2. The first-order valence-electron chi connectivity index (χ1n) is 11.7. The molecule has 4 rings (SSSR count). The van der Waals surface area contributed by atoms with E-state index in [1.165, 1.54) is 12.8 Å². The van der Waals surface area contributed by atoms with Gasteiger partial charge in [0, 0.05) is 10.2 Å². The highest BCUT2D eigenvalue weighted by atomic mass is 79.9. The molecule has 6 heteroatoms. The average Bonchev–Trinajstić information content (AvgIpc) is 2.80. The van der Waals surface area contributed by atoms with Gasteiger partial charge in [-0.1, -0.05) is 84.8 Å². The molecule has 31 heavy (non-hydrogen) atoms. The molecule has 0 aliphatic heterocycles. The van der Waals surface area contributed by atoms with E-state index < -0.39 is 13.4 Å². The zero-order valence-electron chi connectivity index (χ0n) is 18.0. The Kier molecular flexibility index (Phi) is 8.28. The Morgan fingerprint density at radius 1 is 0.774 bits per heavy atom. The van der Waals surface area contributed by atoms with E-state index >= 15 is 0 Å². The fourth-order valence-electron chi connectivity index (χ4n) is 4.59. The van der Waals surface area contributed by atoms with Crippen LogP contribution in [0.5, 0.6) is 0 Å². The molecular formula is C25H33BrNO3P. The molecule has 0 aromatic heterocycles. The zero-order chi connectivity index (χ0) is 21.5. The van der Waals surface area contributed by atoms with Gasteiger partial charge in [0.25, 0.3) is 0 Å². The van der Waals surface area contributed by atoms with Gasteiger partial charge in [-0.15, -0.1) is 0 Å². The highest BCUT2D eigenvalue weighted by molar-refractivity contribution is 9.10. The lowest BCUT2D eigenvalue weighted by Gasteiger charge is -2.36. The number of anilines is 1. The standard InChI is InChI=1S/C25H33BrNO3P/c26-21-18-16-20(17-19-21)25(27-22-10-4-1-5-11-22)31(28,29-23-12-6-2-7-13-23)30-24-14-8-3-9-15-24/h1,4-5,10-11,16-19,23-25,27H,2-3,6-9,12-15H2. The third-order valence-electron chi connectivity index (χ3n) is 6.28. The Morgan fingerprint density at radius 2 is 1.29 bits per heavy atom. The molecule has 1 atom stereocenters. The van der Waals surface area contributed by atoms with E-state index in [1.54, 1.807) is 0 Å². The van der Waals surface area contributed by atoms with Gasteiger partial charge in [-0.05, 0) is 55.5 Å². The summed E-state index contributed by atoms with van der Waals surface area (Å²) in [7, 11) is -3.50. The molecule has 0 saturated heterocycles. The van der Waals surface area contributed by atoms with Crippen LogP contribution in [-0.2, 0) is 13.6 Å². The van der Waals surface area contributed by atoms with Crippen LogP contribution in [0.25, 0.3) is 0 Å².